The number of rotatable bonds is 3. The molecule has 3 heterocycles. The average molecular weight is 276 g/mol. The van der Waals surface area contributed by atoms with Gasteiger partial charge in [0, 0.05) is 36.6 Å². The van der Waals surface area contributed by atoms with Crippen molar-refractivity contribution < 1.29 is 0 Å². The first kappa shape index (κ1) is 11.6. The first-order chi connectivity index (χ1) is 8.72. The molecule has 0 saturated carbocycles. The van der Waals surface area contributed by atoms with E-state index in [-0.39, 0.29) is 0 Å². The molecule has 0 aromatic carbocycles. The zero-order valence-corrected chi connectivity index (χ0v) is 11.8. The van der Waals surface area contributed by atoms with Crippen molar-refractivity contribution >= 4 is 22.7 Å². The smallest absolute Gasteiger partial charge is 0.159 e. The highest BCUT2D eigenvalue weighted by Crippen LogP contribution is 2.22. The molecule has 0 aliphatic carbocycles. The van der Waals surface area contributed by atoms with E-state index in [9.17, 15) is 0 Å². The summed E-state index contributed by atoms with van der Waals surface area (Å²) in [7, 11) is 1.98. The Morgan fingerprint density at radius 3 is 2.78 bits per heavy atom. The molecule has 92 valence electrons. The summed E-state index contributed by atoms with van der Waals surface area (Å²) >= 11 is 3.34. The fourth-order valence-corrected chi connectivity index (χ4v) is 3.15. The molecule has 0 fully saturated rings. The van der Waals surface area contributed by atoms with Crippen LogP contribution >= 0.6 is 22.7 Å². The Bertz CT molecular complexity index is 665. The largest absolute Gasteiger partial charge is 0.333 e. The van der Waals surface area contributed by atoms with E-state index < -0.39 is 0 Å². The quantitative estimate of drug-likeness (QED) is 0.739. The molecule has 0 radical (unpaired) electrons. The highest BCUT2D eigenvalue weighted by atomic mass is 32.1. The van der Waals surface area contributed by atoms with E-state index in [0.29, 0.717) is 0 Å². The third kappa shape index (κ3) is 2.21. The molecule has 0 spiro atoms. The molecule has 0 unspecified atom stereocenters. The summed E-state index contributed by atoms with van der Waals surface area (Å²) in [4.78, 5) is 13.4. The summed E-state index contributed by atoms with van der Waals surface area (Å²) < 4.78 is 1.98. The fourth-order valence-electron chi connectivity index (χ4n) is 1.75. The van der Waals surface area contributed by atoms with Gasteiger partial charge >= 0.3 is 0 Å². The van der Waals surface area contributed by atoms with Crippen LogP contribution in [0.25, 0.3) is 11.5 Å². The normalized spacial score (nSPS) is 11.0. The van der Waals surface area contributed by atoms with Crippen LogP contribution in [0, 0.1) is 6.92 Å². The molecule has 0 N–H and O–H groups in total. The molecule has 0 amide bonds. The summed E-state index contributed by atoms with van der Waals surface area (Å²) in [5, 5.41) is 6.33. The lowest BCUT2D eigenvalue weighted by molar-refractivity contribution is 0.917. The summed E-state index contributed by atoms with van der Waals surface area (Å²) in [5.74, 6) is 0.909. The van der Waals surface area contributed by atoms with Crippen molar-refractivity contribution in [2.24, 2.45) is 7.05 Å². The minimum Gasteiger partial charge on any atom is -0.333 e. The van der Waals surface area contributed by atoms with Crippen LogP contribution in [-0.4, -0.2) is 19.5 Å². The van der Waals surface area contributed by atoms with E-state index in [1.165, 1.54) is 0 Å². The summed E-state index contributed by atoms with van der Waals surface area (Å²) in [6.07, 6.45) is 4.52. The lowest BCUT2D eigenvalue weighted by Gasteiger charge is -1.95. The zero-order chi connectivity index (χ0) is 12.5. The third-order valence-corrected chi connectivity index (χ3v) is 4.27. The van der Waals surface area contributed by atoms with Crippen molar-refractivity contribution in [1.29, 1.82) is 0 Å². The summed E-state index contributed by atoms with van der Waals surface area (Å²) in [6.45, 7) is 2.02. The number of hydrogen-bond donors (Lipinski definition) is 0. The van der Waals surface area contributed by atoms with Gasteiger partial charge < -0.3 is 4.57 Å². The molecule has 3 rings (SSSR count). The SMILES string of the molecule is Cc1nc(Cc2nc(-c3nccn3C)cs2)cs1. The number of nitrogens with zero attached hydrogens (tertiary/aromatic N) is 4. The van der Waals surface area contributed by atoms with Gasteiger partial charge in [-0.15, -0.1) is 22.7 Å². The van der Waals surface area contributed by atoms with Crippen molar-refractivity contribution in [3.8, 4) is 11.5 Å². The Balaban J connectivity index is 1.84. The summed E-state index contributed by atoms with van der Waals surface area (Å²) in [6, 6.07) is 0. The van der Waals surface area contributed by atoms with Gasteiger partial charge in [-0.3, -0.25) is 0 Å². The van der Waals surface area contributed by atoms with E-state index in [1.807, 2.05) is 24.7 Å². The molecule has 0 saturated heterocycles. The van der Waals surface area contributed by atoms with Gasteiger partial charge in [-0.2, -0.15) is 0 Å². The molecular weight excluding hydrogens is 264 g/mol. The van der Waals surface area contributed by atoms with Gasteiger partial charge in [0.15, 0.2) is 5.82 Å². The molecule has 3 aromatic rings. The lowest BCUT2D eigenvalue weighted by Crippen LogP contribution is -1.92. The van der Waals surface area contributed by atoms with E-state index in [1.54, 1.807) is 28.9 Å². The van der Waals surface area contributed by atoms with Crippen LogP contribution in [0.3, 0.4) is 0 Å². The Morgan fingerprint density at radius 2 is 2.11 bits per heavy atom. The molecule has 0 bridgehead atoms. The second-order valence-electron chi connectivity index (χ2n) is 4.02. The van der Waals surface area contributed by atoms with Gasteiger partial charge in [0.1, 0.15) is 5.69 Å². The monoisotopic (exact) mass is 276 g/mol. The van der Waals surface area contributed by atoms with Gasteiger partial charge in [0.05, 0.1) is 15.7 Å². The highest BCUT2D eigenvalue weighted by molar-refractivity contribution is 7.10. The number of hydrogen-bond acceptors (Lipinski definition) is 5. The van der Waals surface area contributed by atoms with E-state index in [2.05, 4.69) is 25.7 Å². The van der Waals surface area contributed by atoms with Gasteiger partial charge in [-0.25, -0.2) is 15.0 Å². The van der Waals surface area contributed by atoms with Crippen LogP contribution in [0.2, 0.25) is 0 Å². The number of thiazole rings is 2. The van der Waals surface area contributed by atoms with E-state index in [0.717, 1.165) is 33.6 Å². The standard InChI is InChI=1S/C12H12N4S2/c1-8-14-9(6-17-8)5-11-15-10(7-18-11)12-13-3-4-16(12)2/h3-4,6-7H,5H2,1-2H3. The minimum atomic E-state index is 0.805. The highest BCUT2D eigenvalue weighted by Gasteiger charge is 2.10. The first-order valence-corrected chi connectivity index (χ1v) is 7.31. The second-order valence-corrected chi connectivity index (χ2v) is 6.03. The first-order valence-electron chi connectivity index (χ1n) is 5.55. The van der Waals surface area contributed by atoms with Gasteiger partial charge in [0.2, 0.25) is 0 Å². The molecule has 0 aliphatic heterocycles. The van der Waals surface area contributed by atoms with Gasteiger partial charge in [-0.1, -0.05) is 0 Å². The Kier molecular flexibility index (Phi) is 2.97. The molecule has 0 aliphatic rings. The van der Waals surface area contributed by atoms with Crippen LogP contribution in [0.15, 0.2) is 23.2 Å². The Labute approximate surface area is 113 Å². The van der Waals surface area contributed by atoms with Crippen LogP contribution in [0.1, 0.15) is 15.7 Å². The maximum atomic E-state index is 4.62. The molecule has 4 nitrogen and oxygen atoms in total. The van der Waals surface area contributed by atoms with Crippen LogP contribution < -0.4 is 0 Å². The van der Waals surface area contributed by atoms with Crippen molar-refractivity contribution in [3.63, 3.8) is 0 Å². The zero-order valence-electron chi connectivity index (χ0n) is 10.1. The van der Waals surface area contributed by atoms with Crippen molar-refractivity contribution in [2.45, 2.75) is 13.3 Å². The molecule has 6 heteroatoms. The second kappa shape index (κ2) is 4.62. The topological polar surface area (TPSA) is 43.6 Å². The van der Waals surface area contributed by atoms with Crippen LogP contribution in [0.4, 0.5) is 0 Å². The van der Waals surface area contributed by atoms with Gasteiger partial charge in [0.25, 0.3) is 0 Å². The molecular formula is C12H12N4S2. The van der Waals surface area contributed by atoms with E-state index in [4.69, 9.17) is 0 Å². The minimum absolute atomic E-state index is 0.805. The number of aromatic nitrogens is 4. The van der Waals surface area contributed by atoms with Crippen LogP contribution in [-0.2, 0) is 13.5 Å². The maximum Gasteiger partial charge on any atom is 0.159 e. The molecule has 0 atom stereocenters. The van der Waals surface area contributed by atoms with Gasteiger partial charge in [-0.05, 0) is 6.92 Å². The van der Waals surface area contributed by atoms with Crippen molar-refractivity contribution in [1.82, 2.24) is 19.5 Å². The fraction of sp³-hybridized carbons (Fsp3) is 0.250. The van der Waals surface area contributed by atoms with E-state index >= 15 is 0 Å². The Hall–Kier alpha value is -1.53. The number of aryl methyl sites for hydroxylation is 2. The molecule has 3 aromatic heterocycles. The maximum absolute atomic E-state index is 4.62. The molecule has 18 heavy (non-hydrogen) atoms. The summed E-state index contributed by atoms with van der Waals surface area (Å²) in [5.41, 5.74) is 2.03. The average Bonchev–Trinajstić information content (AvgIpc) is 3.02. The predicted molar refractivity (Wildman–Crippen MR) is 74.0 cm³/mol. The van der Waals surface area contributed by atoms with Crippen LogP contribution in [0.5, 0.6) is 0 Å². The Morgan fingerprint density at radius 1 is 1.22 bits per heavy atom. The lowest BCUT2D eigenvalue weighted by atomic mass is 10.3. The predicted octanol–water partition coefficient (Wildman–Crippen LogP) is 2.90. The van der Waals surface area contributed by atoms with Crippen molar-refractivity contribution in [3.05, 3.63) is 38.9 Å². The third-order valence-electron chi connectivity index (χ3n) is 2.60. The van der Waals surface area contributed by atoms with Crippen molar-refractivity contribution in [2.75, 3.05) is 0 Å². The number of imidazole rings is 1.